The molecule has 0 saturated heterocycles. The number of aldehydes is 2. The smallest absolute Gasteiger partial charge is 0.156 e. The molecule has 3 unspecified atom stereocenters. The van der Waals surface area contributed by atoms with E-state index in [2.05, 4.69) is 6.92 Å². The van der Waals surface area contributed by atoms with Gasteiger partial charge in [0.2, 0.25) is 0 Å². The van der Waals surface area contributed by atoms with Gasteiger partial charge in [0.1, 0.15) is 11.9 Å². The number of rotatable bonds is 2. The molecular formula is C13H18O3. The molecule has 3 nitrogen and oxygen atoms in total. The first-order valence-electron chi connectivity index (χ1n) is 5.91. The fourth-order valence-corrected chi connectivity index (χ4v) is 3.18. The molecule has 1 fully saturated rings. The minimum Gasteiger partial charge on any atom is -0.377 e. The molecule has 16 heavy (non-hydrogen) atoms. The van der Waals surface area contributed by atoms with Gasteiger partial charge in [-0.05, 0) is 30.6 Å². The number of carbonyl (C=O) groups is 2. The average Bonchev–Trinajstić information content (AvgIpc) is 2.29. The molecule has 3 heteroatoms. The molecule has 3 atom stereocenters. The van der Waals surface area contributed by atoms with Crippen LogP contribution in [-0.4, -0.2) is 23.3 Å². The van der Waals surface area contributed by atoms with Crippen molar-refractivity contribution in [3.63, 3.8) is 0 Å². The highest BCUT2D eigenvalue weighted by Gasteiger charge is 2.47. The Balaban J connectivity index is 2.42. The van der Waals surface area contributed by atoms with Crippen molar-refractivity contribution in [1.82, 2.24) is 0 Å². The van der Waals surface area contributed by atoms with Gasteiger partial charge in [0.15, 0.2) is 6.29 Å². The van der Waals surface area contributed by atoms with Crippen molar-refractivity contribution in [1.29, 1.82) is 0 Å². The first kappa shape index (κ1) is 11.5. The summed E-state index contributed by atoms with van der Waals surface area (Å²) in [7, 11) is 0. The molecule has 0 heterocycles. The van der Waals surface area contributed by atoms with Crippen LogP contribution < -0.4 is 0 Å². The molecule has 0 bridgehead atoms. The summed E-state index contributed by atoms with van der Waals surface area (Å²) in [5, 5.41) is 10.1. The van der Waals surface area contributed by atoms with Gasteiger partial charge in [-0.2, -0.15) is 0 Å². The van der Waals surface area contributed by atoms with E-state index in [4.69, 9.17) is 0 Å². The predicted molar refractivity (Wildman–Crippen MR) is 59.8 cm³/mol. The van der Waals surface area contributed by atoms with Crippen LogP contribution in [0.25, 0.3) is 0 Å². The fourth-order valence-electron chi connectivity index (χ4n) is 3.18. The van der Waals surface area contributed by atoms with Crippen LogP contribution >= 0.6 is 0 Å². The highest BCUT2D eigenvalue weighted by Crippen LogP contribution is 2.50. The second-order valence-electron chi connectivity index (χ2n) is 5.41. The lowest BCUT2D eigenvalue weighted by atomic mass is 9.59. The Bertz CT molecular complexity index is 347. The molecule has 1 N–H and O–H groups in total. The molecular weight excluding hydrogens is 204 g/mol. The number of allylic oxidation sites excluding steroid dienone is 1. The second-order valence-corrected chi connectivity index (χ2v) is 5.41. The lowest BCUT2D eigenvalue weighted by Crippen LogP contribution is -2.46. The molecule has 2 aliphatic carbocycles. The maximum atomic E-state index is 11.0. The van der Waals surface area contributed by atoms with Gasteiger partial charge >= 0.3 is 0 Å². The second kappa shape index (κ2) is 3.81. The van der Waals surface area contributed by atoms with E-state index in [9.17, 15) is 14.7 Å². The normalized spacial score (nSPS) is 43.1. The van der Waals surface area contributed by atoms with Gasteiger partial charge in [0.25, 0.3) is 0 Å². The van der Waals surface area contributed by atoms with E-state index in [1.165, 1.54) is 0 Å². The minimum absolute atomic E-state index is 0.0102. The highest BCUT2D eigenvalue weighted by atomic mass is 16.3. The first-order chi connectivity index (χ1) is 7.54. The molecule has 2 rings (SSSR count). The standard InChI is InChI=1S/C13H18O3/c1-12-5-3-2-4-10(12)7-13(16,9-15)11(6-12)8-14/h6,8-10,16H,2-5,7H2,1H3. The van der Waals surface area contributed by atoms with E-state index in [0.717, 1.165) is 25.7 Å². The van der Waals surface area contributed by atoms with Crippen molar-refractivity contribution >= 4 is 12.6 Å². The fraction of sp³-hybridized carbons (Fsp3) is 0.692. The third-order valence-corrected chi connectivity index (χ3v) is 4.32. The number of hydrogen-bond acceptors (Lipinski definition) is 3. The van der Waals surface area contributed by atoms with Gasteiger partial charge in [-0.15, -0.1) is 0 Å². The number of hydrogen-bond donors (Lipinski definition) is 1. The first-order valence-corrected chi connectivity index (χ1v) is 5.91. The number of carbonyl (C=O) groups excluding carboxylic acids is 2. The van der Waals surface area contributed by atoms with Gasteiger partial charge in [0.05, 0.1) is 0 Å². The van der Waals surface area contributed by atoms with Crippen LogP contribution in [0, 0.1) is 11.3 Å². The van der Waals surface area contributed by atoms with Crippen molar-refractivity contribution in [2.24, 2.45) is 11.3 Å². The van der Waals surface area contributed by atoms with Crippen LogP contribution in [0.5, 0.6) is 0 Å². The molecule has 0 amide bonds. The van der Waals surface area contributed by atoms with Crippen LogP contribution in [-0.2, 0) is 9.59 Å². The van der Waals surface area contributed by atoms with E-state index >= 15 is 0 Å². The zero-order valence-electron chi connectivity index (χ0n) is 9.61. The van der Waals surface area contributed by atoms with E-state index in [0.29, 0.717) is 24.9 Å². The lowest BCUT2D eigenvalue weighted by Gasteiger charge is -2.46. The molecule has 2 aliphatic rings. The molecule has 0 spiro atoms. The van der Waals surface area contributed by atoms with Crippen LogP contribution in [0.2, 0.25) is 0 Å². The summed E-state index contributed by atoms with van der Waals surface area (Å²) in [6, 6.07) is 0. The van der Waals surface area contributed by atoms with E-state index < -0.39 is 5.60 Å². The maximum Gasteiger partial charge on any atom is 0.156 e. The zero-order chi connectivity index (χ0) is 11.8. The zero-order valence-corrected chi connectivity index (χ0v) is 9.61. The largest absolute Gasteiger partial charge is 0.377 e. The van der Waals surface area contributed by atoms with Crippen molar-refractivity contribution in [3.8, 4) is 0 Å². The van der Waals surface area contributed by atoms with Crippen molar-refractivity contribution in [3.05, 3.63) is 11.6 Å². The van der Waals surface area contributed by atoms with Crippen molar-refractivity contribution in [2.45, 2.75) is 44.6 Å². The monoisotopic (exact) mass is 222 g/mol. The van der Waals surface area contributed by atoms with Crippen molar-refractivity contribution < 1.29 is 14.7 Å². The number of fused-ring (bicyclic) bond motifs is 1. The Morgan fingerprint density at radius 3 is 2.81 bits per heavy atom. The molecule has 0 aromatic carbocycles. The summed E-state index contributed by atoms with van der Waals surface area (Å²) >= 11 is 0. The molecule has 88 valence electrons. The van der Waals surface area contributed by atoms with Gasteiger partial charge in [-0.25, -0.2) is 0 Å². The number of aliphatic hydroxyl groups is 1. The molecule has 0 aromatic rings. The topological polar surface area (TPSA) is 54.4 Å². The van der Waals surface area contributed by atoms with Gasteiger partial charge in [-0.1, -0.05) is 25.8 Å². The summed E-state index contributed by atoms with van der Waals surface area (Å²) in [4.78, 5) is 21.9. The third-order valence-electron chi connectivity index (χ3n) is 4.32. The summed E-state index contributed by atoms with van der Waals surface area (Å²) in [5.41, 5.74) is -1.30. The van der Waals surface area contributed by atoms with E-state index in [-0.39, 0.29) is 11.0 Å². The van der Waals surface area contributed by atoms with E-state index in [1.54, 1.807) is 0 Å². The van der Waals surface area contributed by atoms with Crippen LogP contribution in [0.3, 0.4) is 0 Å². The van der Waals surface area contributed by atoms with Gasteiger partial charge in [0, 0.05) is 5.57 Å². The highest BCUT2D eigenvalue weighted by molar-refractivity contribution is 5.87. The SMILES string of the molecule is CC12C=C(C=O)C(O)(C=O)CC1CCCC2. The summed E-state index contributed by atoms with van der Waals surface area (Å²) in [6.45, 7) is 2.13. The summed E-state index contributed by atoms with van der Waals surface area (Å²) in [5.74, 6) is 0.320. The average molecular weight is 222 g/mol. The molecule has 0 aliphatic heterocycles. The molecule has 0 aromatic heterocycles. The predicted octanol–water partition coefficient (Wildman–Crippen LogP) is 1.64. The van der Waals surface area contributed by atoms with Crippen molar-refractivity contribution in [2.75, 3.05) is 0 Å². The molecule has 0 radical (unpaired) electrons. The van der Waals surface area contributed by atoms with Crippen LogP contribution in [0.1, 0.15) is 39.0 Å². The van der Waals surface area contributed by atoms with Crippen LogP contribution in [0.15, 0.2) is 11.6 Å². The van der Waals surface area contributed by atoms with E-state index in [1.807, 2.05) is 6.08 Å². The quantitative estimate of drug-likeness (QED) is 0.723. The minimum atomic E-state index is -1.54. The van der Waals surface area contributed by atoms with Gasteiger partial charge in [-0.3, -0.25) is 9.59 Å². The summed E-state index contributed by atoms with van der Waals surface area (Å²) in [6.07, 6.45) is 7.78. The molecule has 1 saturated carbocycles. The Kier molecular flexibility index (Phi) is 2.74. The van der Waals surface area contributed by atoms with Gasteiger partial charge < -0.3 is 5.11 Å². The lowest BCUT2D eigenvalue weighted by molar-refractivity contribution is -0.127. The Labute approximate surface area is 95.5 Å². The Morgan fingerprint density at radius 1 is 1.44 bits per heavy atom. The van der Waals surface area contributed by atoms with Crippen LogP contribution in [0.4, 0.5) is 0 Å². The maximum absolute atomic E-state index is 11.0. The Morgan fingerprint density at radius 2 is 2.19 bits per heavy atom. The third kappa shape index (κ3) is 1.63. The Hall–Kier alpha value is -0.960. The summed E-state index contributed by atoms with van der Waals surface area (Å²) < 4.78 is 0.